The lowest BCUT2D eigenvalue weighted by atomic mass is 9.80. The fraction of sp³-hybridized carbons (Fsp3) is 0.727. The second kappa shape index (κ2) is 9.37. The van der Waals surface area contributed by atoms with Gasteiger partial charge in [-0.2, -0.15) is 0 Å². The molecule has 0 rings (SSSR count). The average Bonchev–Trinajstić information content (AvgIpc) is 2.37. The van der Waals surface area contributed by atoms with E-state index in [0.29, 0.717) is 25.8 Å². The van der Waals surface area contributed by atoms with Gasteiger partial charge in [-0.05, 0) is 19.3 Å². The Kier molecular flexibility index (Phi) is 8.35. The molecular formula is C11H15N3O3. The first-order chi connectivity index (χ1) is 8.24. The number of rotatable bonds is 9. The van der Waals surface area contributed by atoms with Crippen molar-refractivity contribution in [2.24, 2.45) is 20.4 Å². The predicted molar refractivity (Wildman–Crippen MR) is 60.9 cm³/mol. The van der Waals surface area contributed by atoms with Crippen molar-refractivity contribution >= 4 is 18.2 Å². The highest BCUT2D eigenvalue weighted by molar-refractivity contribution is 5.34. The first-order valence-corrected chi connectivity index (χ1v) is 5.35. The Bertz CT molecular complexity index is 342. The van der Waals surface area contributed by atoms with Crippen LogP contribution >= 0.6 is 0 Å². The summed E-state index contributed by atoms with van der Waals surface area (Å²) in [6.45, 7) is 2.84. The zero-order chi connectivity index (χ0) is 13.0. The van der Waals surface area contributed by atoms with Gasteiger partial charge in [-0.3, -0.25) is 0 Å². The minimum atomic E-state index is -0.354. The van der Waals surface area contributed by atoms with Gasteiger partial charge in [0, 0.05) is 5.41 Å². The van der Waals surface area contributed by atoms with Crippen molar-refractivity contribution in [1.82, 2.24) is 0 Å². The number of carbonyl (C=O) groups excluding carboxylic acids is 3. The van der Waals surface area contributed by atoms with Crippen LogP contribution in [0.5, 0.6) is 0 Å². The summed E-state index contributed by atoms with van der Waals surface area (Å²) in [4.78, 5) is 40.8. The summed E-state index contributed by atoms with van der Waals surface area (Å²) in [6, 6.07) is 0. The summed E-state index contributed by atoms with van der Waals surface area (Å²) >= 11 is 0. The molecule has 0 saturated carbocycles. The molecule has 0 aliphatic heterocycles. The van der Waals surface area contributed by atoms with E-state index in [-0.39, 0.29) is 18.5 Å². The Hall–Kier alpha value is -1.86. The highest BCUT2D eigenvalue weighted by Gasteiger charge is 2.27. The molecule has 0 N–H and O–H groups in total. The summed E-state index contributed by atoms with van der Waals surface area (Å²) < 4.78 is 0. The summed E-state index contributed by atoms with van der Waals surface area (Å²) in [7, 11) is 0. The molecule has 0 bridgehead atoms. The molecule has 0 aliphatic carbocycles. The van der Waals surface area contributed by atoms with Gasteiger partial charge in [0.05, 0.1) is 19.6 Å². The number of nitrogens with zero attached hydrogens (tertiary/aromatic N) is 3. The minimum Gasteiger partial charge on any atom is -0.211 e. The average molecular weight is 237 g/mol. The van der Waals surface area contributed by atoms with Gasteiger partial charge in [-0.15, -0.1) is 0 Å². The topological polar surface area (TPSA) is 88.3 Å². The summed E-state index contributed by atoms with van der Waals surface area (Å²) in [5.41, 5.74) is -0.354. The molecule has 0 heterocycles. The fourth-order valence-electron chi connectivity index (χ4n) is 1.59. The lowest BCUT2D eigenvalue weighted by molar-refractivity contribution is 0.268. The van der Waals surface area contributed by atoms with Crippen molar-refractivity contribution < 1.29 is 14.4 Å². The number of isocyanates is 3. The zero-order valence-electron chi connectivity index (χ0n) is 9.81. The third-order valence-electron chi connectivity index (χ3n) is 2.75. The van der Waals surface area contributed by atoms with Crippen LogP contribution in [0.2, 0.25) is 0 Å². The molecule has 0 amide bonds. The van der Waals surface area contributed by atoms with Gasteiger partial charge in [0.15, 0.2) is 0 Å². The molecule has 6 heteroatoms. The van der Waals surface area contributed by atoms with E-state index in [0.717, 1.165) is 0 Å². The van der Waals surface area contributed by atoms with E-state index in [1.165, 1.54) is 18.2 Å². The summed E-state index contributed by atoms with van der Waals surface area (Å²) in [6.07, 6.45) is 6.48. The molecule has 17 heavy (non-hydrogen) atoms. The van der Waals surface area contributed by atoms with E-state index < -0.39 is 0 Å². The van der Waals surface area contributed by atoms with Crippen LogP contribution < -0.4 is 0 Å². The normalized spacial score (nSPS) is 12.5. The molecule has 0 unspecified atom stereocenters. The van der Waals surface area contributed by atoms with Crippen molar-refractivity contribution in [1.29, 1.82) is 0 Å². The Morgan fingerprint density at radius 2 is 1.47 bits per heavy atom. The van der Waals surface area contributed by atoms with Crippen LogP contribution in [0.25, 0.3) is 0 Å². The Labute approximate surface area is 99.6 Å². The summed E-state index contributed by atoms with van der Waals surface area (Å²) in [5.74, 6) is 0. The zero-order valence-corrected chi connectivity index (χ0v) is 9.81. The van der Waals surface area contributed by atoms with Crippen LogP contribution in [0.4, 0.5) is 0 Å². The first kappa shape index (κ1) is 15.1. The molecule has 6 nitrogen and oxygen atoms in total. The molecule has 0 fully saturated rings. The van der Waals surface area contributed by atoms with E-state index >= 15 is 0 Å². The highest BCUT2D eigenvalue weighted by Crippen LogP contribution is 2.29. The van der Waals surface area contributed by atoms with E-state index in [9.17, 15) is 14.4 Å². The van der Waals surface area contributed by atoms with Crippen LogP contribution in [-0.4, -0.2) is 37.9 Å². The SMILES string of the molecule is CCC(CCCN=C=O)(CN=C=O)CN=C=O. The van der Waals surface area contributed by atoms with Crippen molar-refractivity contribution in [2.45, 2.75) is 26.2 Å². The third-order valence-corrected chi connectivity index (χ3v) is 2.75. The van der Waals surface area contributed by atoms with Gasteiger partial charge in [0.2, 0.25) is 18.2 Å². The molecule has 0 spiro atoms. The van der Waals surface area contributed by atoms with Crippen LogP contribution in [0.15, 0.2) is 15.0 Å². The molecule has 0 atom stereocenters. The third kappa shape index (κ3) is 6.33. The largest absolute Gasteiger partial charge is 0.234 e. The summed E-state index contributed by atoms with van der Waals surface area (Å²) in [5, 5.41) is 0. The molecule has 0 aromatic rings. The van der Waals surface area contributed by atoms with E-state index in [2.05, 4.69) is 15.0 Å². The maximum atomic E-state index is 10.1. The first-order valence-electron chi connectivity index (χ1n) is 5.35. The van der Waals surface area contributed by atoms with E-state index in [4.69, 9.17) is 0 Å². The van der Waals surface area contributed by atoms with Crippen LogP contribution in [-0.2, 0) is 14.4 Å². The van der Waals surface area contributed by atoms with Crippen molar-refractivity contribution in [3.8, 4) is 0 Å². The molecule has 0 aromatic carbocycles. The Morgan fingerprint density at radius 3 is 1.88 bits per heavy atom. The van der Waals surface area contributed by atoms with Crippen molar-refractivity contribution in [3.05, 3.63) is 0 Å². The molecule has 0 aromatic heterocycles. The molecule has 0 aliphatic rings. The van der Waals surface area contributed by atoms with Gasteiger partial charge in [0.25, 0.3) is 0 Å². The fourth-order valence-corrected chi connectivity index (χ4v) is 1.59. The van der Waals surface area contributed by atoms with E-state index in [1.807, 2.05) is 6.92 Å². The van der Waals surface area contributed by atoms with E-state index in [1.54, 1.807) is 0 Å². The van der Waals surface area contributed by atoms with Crippen molar-refractivity contribution in [3.63, 3.8) is 0 Å². The van der Waals surface area contributed by atoms with Gasteiger partial charge in [0.1, 0.15) is 0 Å². The maximum absolute atomic E-state index is 10.1. The predicted octanol–water partition coefficient (Wildman–Crippen LogP) is 1.17. The molecule has 0 radical (unpaired) electrons. The maximum Gasteiger partial charge on any atom is 0.234 e. The second-order valence-corrected chi connectivity index (χ2v) is 3.75. The number of hydrogen-bond donors (Lipinski definition) is 0. The van der Waals surface area contributed by atoms with Gasteiger partial charge in [-0.25, -0.2) is 29.4 Å². The van der Waals surface area contributed by atoms with Gasteiger partial charge >= 0.3 is 0 Å². The van der Waals surface area contributed by atoms with Crippen LogP contribution in [0.1, 0.15) is 26.2 Å². The lowest BCUT2D eigenvalue weighted by Crippen LogP contribution is -2.27. The molecule has 0 saturated heterocycles. The van der Waals surface area contributed by atoms with Gasteiger partial charge in [-0.1, -0.05) is 6.92 Å². The Morgan fingerprint density at radius 1 is 0.941 bits per heavy atom. The smallest absolute Gasteiger partial charge is 0.211 e. The van der Waals surface area contributed by atoms with Gasteiger partial charge < -0.3 is 0 Å². The highest BCUT2D eigenvalue weighted by atomic mass is 16.1. The molecular weight excluding hydrogens is 222 g/mol. The number of aliphatic imine (C=N–C) groups is 3. The molecule has 92 valence electrons. The monoisotopic (exact) mass is 237 g/mol. The quantitative estimate of drug-likeness (QED) is 0.342. The standard InChI is InChI=1S/C11H15N3O3/c1-2-11(6-13-9-16,7-14-10-17)4-3-5-12-8-15/h2-7H2,1H3. The second-order valence-electron chi connectivity index (χ2n) is 3.75. The minimum absolute atomic E-state index is 0.267. The van der Waals surface area contributed by atoms with Crippen LogP contribution in [0.3, 0.4) is 0 Å². The Balaban J connectivity index is 4.57. The van der Waals surface area contributed by atoms with Crippen molar-refractivity contribution in [2.75, 3.05) is 19.6 Å². The number of hydrogen-bond acceptors (Lipinski definition) is 6. The lowest BCUT2D eigenvalue weighted by Gasteiger charge is -2.27. The van der Waals surface area contributed by atoms with Crippen LogP contribution in [0, 0.1) is 5.41 Å².